The summed E-state index contributed by atoms with van der Waals surface area (Å²) in [5.74, 6) is -1.75. The molecule has 0 fully saturated rings. The second-order valence-electron chi connectivity index (χ2n) is 8.60. The smallest absolute Gasteiger partial charge is 0.338 e. The second-order valence-corrected chi connectivity index (χ2v) is 8.60. The minimum atomic E-state index is -0.928. The van der Waals surface area contributed by atoms with Crippen LogP contribution < -0.4 is 31.8 Å². The lowest BCUT2D eigenvalue weighted by atomic mass is 9.90. The first-order valence-corrected chi connectivity index (χ1v) is 11.9. The van der Waals surface area contributed by atoms with Gasteiger partial charge in [0.1, 0.15) is 18.4 Å². The van der Waals surface area contributed by atoms with E-state index in [0.717, 1.165) is 5.56 Å². The van der Waals surface area contributed by atoms with Crippen LogP contribution in [-0.2, 0) is 30.3 Å². The van der Waals surface area contributed by atoms with E-state index in [-0.39, 0.29) is 43.5 Å². The number of benzene rings is 1. The average Bonchev–Trinajstić information content (AvgIpc) is 2.84. The van der Waals surface area contributed by atoms with Crippen molar-refractivity contribution < 1.29 is 33.6 Å². The number of hydrogen-bond acceptors (Lipinski definition) is 6. The van der Waals surface area contributed by atoms with Crippen LogP contribution in [0.3, 0.4) is 0 Å². The van der Waals surface area contributed by atoms with E-state index in [2.05, 4.69) is 15.6 Å². The Morgan fingerprint density at radius 1 is 1.17 bits per heavy atom. The van der Waals surface area contributed by atoms with Gasteiger partial charge in [0, 0.05) is 19.3 Å². The highest BCUT2D eigenvalue weighted by Gasteiger charge is 2.30. The van der Waals surface area contributed by atoms with Gasteiger partial charge >= 0.3 is 11.9 Å². The zero-order valence-electron chi connectivity index (χ0n) is 20.8. The predicted octanol–water partition coefficient (Wildman–Crippen LogP) is -1.56. The molecular formula is C25H36N5O6+. The lowest BCUT2D eigenvalue weighted by Crippen LogP contribution is -2.78. The molecule has 2 bridgehead atoms. The summed E-state index contributed by atoms with van der Waals surface area (Å²) in [4.78, 5) is 53.4. The maximum atomic E-state index is 13.3. The normalized spacial score (nSPS) is 21.9. The molecule has 2 aliphatic heterocycles. The summed E-state index contributed by atoms with van der Waals surface area (Å²) < 4.78 is 10.5. The molecule has 11 heteroatoms. The molecule has 3 atom stereocenters. The van der Waals surface area contributed by atoms with E-state index in [4.69, 9.17) is 20.9 Å². The first-order valence-electron chi connectivity index (χ1n) is 11.9. The lowest BCUT2D eigenvalue weighted by molar-refractivity contribution is -0.459. The lowest BCUT2D eigenvalue weighted by Gasteiger charge is -2.23. The first kappa shape index (κ1) is 28.3. The number of carbonyl (C=O) groups excluding carboxylic acids is 4. The van der Waals surface area contributed by atoms with Crippen molar-refractivity contribution in [1.82, 2.24) is 10.6 Å². The third-order valence-corrected chi connectivity index (χ3v) is 5.69. The van der Waals surface area contributed by atoms with Gasteiger partial charge in [0.15, 0.2) is 5.78 Å². The highest BCUT2D eigenvalue weighted by atomic mass is 16.5. The van der Waals surface area contributed by atoms with E-state index < -0.39 is 29.9 Å². The van der Waals surface area contributed by atoms with Crippen LogP contribution in [0.25, 0.3) is 0 Å². The van der Waals surface area contributed by atoms with E-state index in [1.165, 1.54) is 14.0 Å². The summed E-state index contributed by atoms with van der Waals surface area (Å²) in [6, 6.07) is 5.49. The summed E-state index contributed by atoms with van der Waals surface area (Å²) in [6.45, 7) is 2.01. The summed E-state index contributed by atoms with van der Waals surface area (Å²) >= 11 is 0. The molecule has 0 saturated heterocycles. The number of nitrogens with two attached hydrogens (primary N) is 2. The Morgan fingerprint density at radius 2 is 1.89 bits per heavy atom. The molecule has 1 aromatic rings. The number of fused-ring (bicyclic) bond motifs is 13. The zero-order chi connectivity index (χ0) is 26.5. The minimum Gasteiger partial charge on any atom is -0.490 e. The molecular weight excluding hydrogens is 466 g/mol. The van der Waals surface area contributed by atoms with Crippen molar-refractivity contribution in [1.29, 1.82) is 0 Å². The van der Waals surface area contributed by atoms with E-state index >= 15 is 0 Å². The Kier molecular flexibility index (Phi) is 11.4. The monoisotopic (exact) mass is 502 g/mol. The van der Waals surface area contributed by atoms with Gasteiger partial charge in [-0.3, -0.25) is 30.8 Å². The Balaban J connectivity index is 2.34. The number of amides is 2. The standard InChI is InChI=1S/C25H35N5O6/c1-16(31)29-21-14-17-8-10-19(11-9-17)36-13-4-3-7-20(24(34)35-2)30-23(33)18(15-22(21)32)6-5-12-28-25(26)27/h3-4,8-11,18,20-21H,5-7,12-15H2,1-2H3,(H,29,31)(H,30,33)(H4,26,27,28)/p+1/b4-3-/t18-,20-,21-/m0/s1. The van der Waals surface area contributed by atoms with Crippen LogP contribution in [0.5, 0.6) is 5.75 Å². The van der Waals surface area contributed by atoms with Crippen LogP contribution in [0.2, 0.25) is 0 Å². The van der Waals surface area contributed by atoms with Gasteiger partial charge in [-0.05, 0) is 43.4 Å². The Labute approximate surface area is 210 Å². The van der Waals surface area contributed by atoms with Gasteiger partial charge in [0.25, 0.3) is 0 Å². The summed E-state index contributed by atoms with van der Waals surface area (Å²) in [5.41, 5.74) is 11.7. The maximum absolute atomic E-state index is 13.3. The van der Waals surface area contributed by atoms with E-state index in [1.54, 1.807) is 24.3 Å². The molecule has 2 amide bonds. The van der Waals surface area contributed by atoms with Gasteiger partial charge in [-0.15, -0.1) is 0 Å². The maximum Gasteiger partial charge on any atom is 0.338 e. The van der Waals surface area contributed by atoms with Gasteiger partial charge in [-0.1, -0.05) is 24.3 Å². The molecule has 0 saturated carbocycles. The van der Waals surface area contributed by atoms with Crippen LogP contribution >= 0.6 is 0 Å². The molecule has 0 aromatic heterocycles. The third kappa shape index (κ3) is 9.77. The number of methoxy groups -OCH3 is 1. The van der Waals surface area contributed by atoms with Crippen LogP contribution in [0.15, 0.2) is 36.4 Å². The fraction of sp³-hybridized carbons (Fsp3) is 0.480. The van der Waals surface area contributed by atoms with Crippen LogP contribution in [-0.4, -0.2) is 61.9 Å². The molecule has 196 valence electrons. The number of hydrogen-bond donors (Lipinski definition) is 5. The number of guanidine groups is 1. The molecule has 1 aromatic carbocycles. The molecule has 7 N–H and O–H groups in total. The zero-order valence-corrected chi connectivity index (χ0v) is 20.8. The fourth-order valence-electron chi connectivity index (χ4n) is 3.83. The largest absolute Gasteiger partial charge is 0.490 e. The van der Waals surface area contributed by atoms with Crippen LogP contribution in [0, 0.1) is 5.92 Å². The van der Waals surface area contributed by atoms with Crippen molar-refractivity contribution in [3.63, 3.8) is 0 Å². The topological polar surface area (TPSA) is 177 Å². The van der Waals surface area contributed by atoms with Crippen LogP contribution in [0.4, 0.5) is 0 Å². The van der Waals surface area contributed by atoms with Crippen molar-refractivity contribution in [2.24, 2.45) is 17.4 Å². The molecule has 11 nitrogen and oxygen atoms in total. The Morgan fingerprint density at radius 3 is 2.53 bits per heavy atom. The number of rotatable bonds is 6. The number of esters is 1. The van der Waals surface area contributed by atoms with Crippen molar-refractivity contribution in [3.8, 4) is 5.75 Å². The molecule has 2 aliphatic rings. The third-order valence-electron chi connectivity index (χ3n) is 5.69. The number of Topliss-reactive ketones (excluding diaryl/α,β-unsaturated/α-hetero) is 1. The SMILES string of the molecule is COC(=O)[C@@H]1C/C=C\COc2ccc(cc2)C[C@H](NC(C)=O)C(=O)C[C@H](CCC[NH+]=C(N)N)C(=O)N1. The molecule has 0 aliphatic carbocycles. The van der Waals surface area contributed by atoms with Gasteiger partial charge in [0.2, 0.25) is 11.8 Å². The number of ether oxygens (including phenoxy) is 2. The summed E-state index contributed by atoms with van der Waals surface area (Å²) in [6.07, 6.45) is 4.64. The summed E-state index contributed by atoms with van der Waals surface area (Å²) in [7, 11) is 1.24. The van der Waals surface area contributed by atoms with Crippen molar-refractivity contribution in [2.45, 2.75) is 51.1 Å². The molecule has 3 rings (SSSR count). The van der Waals surface area contributed by atoms with Gasteiger partial charge < -0.3 is 20.1 Å². The van der Waals surface area contributed by atoms with E-state index in [9.17, 15) is 19.2 Å². The molecule has 0 spiro atoms. The summed E-state index contributed by atoms with van der Waals surface area (Å²) in [5, 5.41) is 5.41. The first-order chi connectivity index (χ1) is 17.2. The number of ketones is 1. The van der Waals surface area contributed by atoms with E-state index in [0.29, 0.717) is 25.1 Å². The fourth-order valence-corrected chi connectivity index (χ4v) is 3.83. The highest BCUT2D eigenvalue weighted by molar-refractivity contribution is 5.93. The highest BCUT2D eigenvalue weighted by Crippen LogP contribution is 2.18. The molecule has 0 radical (unpaired) electrons. The van der Waals surface area contributed by atoms with Gasteiger partial charge in [-0.2, -0.15) is 0 Å². The molecule has 36 heavy (non-hydrogen) atoms. The number of nitrogens with one attached hydrogen (secondary N) is 3. The van der Waals surface area contributed by atoms with Crippen LogP contribution in [0.1, 0.15) is 38.2 Å². The Bertz CT molecular complexity index is 972. The number of carbonyl (C=O) groups is 4. The average molecular weight is 503 g/mol. The Hall–Kier alpha value is -3.89. The van der Waals surface area contributed by atoms with Gasteiger partial charge in [-0.25, -0.2) is 4.79 Å². The second kappa shape index (κ2) is 14.5. The molecule has 0 unspecified atom stereocenters. The van der Waals surface area contributed by atoms with Crippen molar-refractivity contribution in [2.75, 3.05) is 20.3 Å². The van der Waals surface area contributed by atoms with Gasteiger partial charge in [0.05, 0.1) is 19.7 Å². The molecule has 2 heterocycles. The van der Waals surface area contributed by atoms with Crippen molar-refractivity contribution in [3.05, 3.63) is 42.0 Å². The van der Waals surface area contributed by atoms with Crippen molar-refractivity contribution >= 4 is 29.5 Å². The quantitative estimate of drug-likeness (QED) is 0.102. The predicted molar refractivity (Wildman–Crippen MR) is 133 cm³/mol. The van der Waals surface area contributed by atoms with E-state index in [1.807, 2.05) is 12.1 Å². The minimum absolute atomic E-state index is 0.0581.